The summed E-state index contributed by atoms with van der Waals surface area (Å²) in [5.41, 5.74) is 0. The van der Waals surface area contributed by atoms with Crippen LogP contribution in [0.2, 0.25) is 0 Å². The predicted molar refractivity (Wildman–Crippen MR) is 52.3 cm³/mol. The normalized spacial score (nSPS) is 14.2. The number of aliphatic hydroxyl groups excluding tert-OH is 1. The fraction of sp³-hybridized carbons (Fsp3) is 1.00. The lowest BCUT2D eigenvalue weighted by molar-refractivity contribution is 0.187. The SMILES string of the molecule is CC(C)N(C)CCNC[C@@H](C)O. The van der Waals surface area contributed by atoms with Gasteiger partial charge >= 0.3 is 0 Å². The standard InChI is InChI=1S/C9H22N2O/c1-8(2)11(4)6-5-10-7-9(3)12/h8-10,12H,5-7H2,1-4H3/t9-/m1/s1. The van der Waals surface area contributed by atoms with Gasteiger partial charge in [-0.25, -0.2) is 0 Å². The molecule has 0 fully saturated rings. The molecule has 0 aliphatic heterocycles. The van der Waals surface area contributed by atoms with Crippen LogP contribution in [0.25, 0.3) is 0 Å². The average Bonchev–Trinajstić information content (AvgIpc) is 1.97. The Morgan fingerprint density at radius 2 is 1.92 bits per heavy atom. The van der Waals surface area contributed by atoms with Crippen molar-refractivity contribution in [2.24, 2.45) is 0 Å². The Kier molecular flexibility index (Phi) is 6.34. The van der Waals surface area contributed by atoms with Gasteiger partial charge in [0.25, 0.3) is 0 Å². The average molecular weight is 174 g/mol. The second kappa shape index (κ2) is 6.40. The van der Waals surface area contributed by atoms with Crippen molar-refractivity contribution >= 4 is 0 Å². The topological polar surface area (TPSA) is 35.5 Å². The van der Waals surface area contributed by atoms with E-state index < -0.39 is 0 Å². The van der Waals surface area contributed by atoms with Crippen LogP contribution < -0.4 is 5.32 Å². The maximum Gasteiger partial charge on any atom is 0.0636 e. The molecule has 1 atom stereocenters. The number of likely N-dealkylation sites (N-methyl/N-ethyl adjacent to an activating group) is 1. The van der Waals surface area contributed by atoms with E-state index in [0.29, 0.717) is 12.6 Å². The van der Waals surface area contributed by atoms with Crippen LogP contribution in [0.1, 0.15) is 20.8 Å². The maximum atomic E-state index is 8.95. The highest BCUT2D eigenvalue weighted by molar-refractivity contribution is 4.59. The largest absolute Gasteiger partial charge is 0.392 e. The highest BCUT2D eigenvalue weighted by atomic mass is 16.3. The van der Waals surface area contributed by atoms with E-state index in [2.05, 4.69) is 31.1 Å². The summed E-state index contributed by atoms with van der Waals surface area (Å²) in [6.45, 7) is 8.80. The summed E-state index contributed by atoms with van der Waals surface area (Å²) >= 11 is 0. The molecule has 0 amide bonds. The van der Waals surface area contributed by atoms with E-state index in [1.165, 1.54) is 0 Å². The molecule has 0 radical (unpaired) electrons. The Bertz CT molecular complexity index is 105. The zero-order chi connectivity index (χ0) is 9.56. The van der Waals surface area contributed by atoms with Gasteiger partial charge in [-0.05, 0) is 27.8 Å². The lowest BCUT2D eigenvalue weighted by Crippen LogP contribution is -2.35. The van der Waals surface area contributed by atoms with Crippen molar-refractivity contribution in [3.63, 3.8) is 0 Å². The summed E-state index contributed by atoms with van der Waals surface area (Å²) in [7, 11) is 2.11. The van der Waals surface area contributed by atoms with Crippen molar-refractivity contribution < 1.29 is 5.11 Å². The van der Waals surface area contributed by atoms with Crippen LogP contribution in [-0.2, 0) is 0 Å². The van der Waals surface area contributed by atoms with Crippen LogP contribution in [0.3, 0.4) is 0 Å². The van der Waals surface area contributed by atoms with Gasteiger partial charge in [0.1, 0.15) is 0 Å². The highest BCUT2D eigenvalue weighted by Crippen LogP contribution is 1.90. The Labute approximate surface area is 75.8 Å². The molecule has 0 spiro atoms. The molecular weight excluding hydrogens is 152 g/mol. The minimum absolute atomic E-state index is 0.241. The minimum atomic E-state index is -0.241. The van der Waals surface area contributed by atoms with Gasteiger partial charge in [0, 0.05) is 25.7 Å². The van der Waals surface area contributed by atoms with Gasteiger partial charge in [-0.1, -0.05) is 0 Å². The molecule has 3 nitrogen and oxygen atoms in total. The lowest BCUT2D eigenvalue weighted by atomic mass is 10.3. The van der Waals surface area contributed by atoms with E-state index in [1.807, 2.05) is 0 Å². The number of hydrogen-bond acceptors (Lipinski definition) is 3. The van der Waals surface area contributed by atoms with E-state index >= 15 is 0 Å². The number of aliphatic hydroxyl groups is 1. The summed E-state index contributed by atoms with van der Waals surface area (Å²) in [6, 6.07) is 0.596. The molecule has 0 unspecified atom stereocenters. The van der Waals surface area contributed by atoms with Crippen LogP contribution in [0.4, 0.5) is 0 Å². The summed E-state index contributed by atoms with van der Waals surface area (Å²) in [6.07, 6.45) is -0.241. The predicted octanol–water partition coefficient (Wildman–Crippen LogP) is 0.297. The molecule has 0 aliphatic carbocycles. The fourth-order valence-electron chi connectivity index (χ4n) is 0.825. The fourth-order valence-corrected chi connectivity index (χ4v) is 0.825. The summed E-state index contributed by atoms with van der Waals surface area (Å²) in [5.74, 6) is 0. The third-order valence-electron chi connectivity index (χ3n) is 1.96. The van der Waals surface area contributed by atoms with Crippen molar-refractivity contribution in [3.05, 3.63) is 0 Å². The second-order valence-corrected chi connectivity index (χ2v) is 3.63. The van der Waals surface area contributed by atoms with Gasteiger partial charge < -0.3 is 15.3 Å². The van der Waals surface area contributed by atoms with E-state index in [4.69, 9.17) is 5.11 Å². The van der Waals surface area contributed by atoms with Crippen molar-refractivity contribution in [3.8, 4) is 0 Å². The Hall–Kier alpha value is -0.120. The Morgan fingerprint density at radius 1 is 1.33 bits per heavy atom. The van der Waals surface area contributed by atoms with E-state index in [-0.39, 0.29) is 6.10 Å². The van der Waals surface area contributed by atoms with E-state index in [1.54, 1.807) is 6.92 Å². The molecule has 0 bridgehead atoms. The first-order valence-corrected chi connectivity index (χ1v) is 4.63. The maximum absolute atomic E-state index is 8.95. The van der Waals surface area contributed by atoms with Crippen molar-refractivity contribution in [2.75, 3.05) is 26.7 Å². The van der Waals surface area contributed by atoms with Crippen molar-refractivity contribution in [1.82, 2.24) is 10.2 Å². The third kappa shape index (κ3) is 6.58. The van der Waals surface area contributed by atoms with Gasteiger partial charge in [0.15, 0.2) is 0 Å². The molecule has 0 heterocycles. The molecule has 74 valence electrons. The van der Waals surface area contributed by atoms with Gasteiger partial charge in [-0.2, -0.15) is 0 Å². The number of nitrogens with zero attached hydrogens (tertiary/aromatic N) is 1. The van der Waals surface area contributed by atoms with Gasteiger partial charge in [0.2, 0.25) is 0 Å². The van der Waals surface area contributed by atoms with Crippen LogP contribution >= 0.6 is 0 Å². The van der Waals surface area contributed by atoms with Gasteiger partial charge in [-0.15, -0.1) is 0 Å². The van der Waals surface area contributed by atoms with Crippen LogP contribution in [0.5, 0.6) is 0 Å². The Morgan fingerprint density at radius 3 is 2.33 bits per heavy atom. The minimum Gasteiger partial charge on any atom is -0.392 e. The first-order chi connectivity index (χ1) is 5.54. The van der Waals surface area contributed by atoms with Crippen LogP contribution in [0.15, 0.2) is 0 Å². The summed E-state index contributed by atoms with van der Waals surface area (Å²) < 4.78 is 0. The molecule has 0 aromatic heterocycles. The first-order valence-electron chi connectivity index (χ1n) is 4.63. The van der Waals surface area contributed by atoms with E-state index in [9.17, 15) is 0 Å². The van der Waals surface area contributed by atoms with Gasteiger partial charge in [0.05, 0.1) is 6.10 Å². The van der Waals surface area contributed by atoms with Crippen LogP contribution in [-0.4, -0.2) is 48.8 Å². The second-order valence-electron chi connectivity index (χ2n) is 3.63. The number of hydrogen-bond donors (Lipinski definition) is 2. The number of nitrogens with one attached hydrogen (secondary N) is 1. The lowest BCUT2D eigenvalue weighted by Gasteiger charge is -2.21. The molecule has 0 rings (SSSR count). The Balaban J connectivity index is 3.20. The molecule has 0 aromatic carbocycles. The number of rotatable bonds is 6. The monoisotopic (exact) mass is 174 g/mol. The van der Waals surface area contributed by atoms with Crippen LogP contribution in [0, 0.1) is 0 Å². The van der Waals surface area contributed by atoms with E-state index in [0.717, 1.165) is 13.1 Å². The van der Waals surface area contributed by atoms with Crippen molar-refractivity contribution in [1.29, 1.82) is 0 Å². The first kappa shape index (κ1) is 11.9. The zero-order valence-electron chi connectivity index (χ0n) is 8.67. The molecule has 0 aliphatic rings. The quantitative estimate of drug-likeness (QED) is 0.568. The highest BCUT2D eigenvalue weighted by Gasteiger charge is 2.01. The van der Waals surface area contributed by atoms with Gasteiger partial charge in [-0.3, -0.25) is 0 Å². The van der Waals surface area contributed by atoms with Crippen molar-refractivity contribution in [2.45, 2.75) is 32.9 Å². The molecule has 0 saturated carbocycles. The molecule has 0 aromatic rings. The third-order valence-corrected chi connectivity index (χ3v) is 1.96. The summed E-state index contributed by atoms with van der Waals surface area (Å²) in [5, 5.41) is 12.1. The molecular formula is C9H22N2O. The molecule has 2 N–H and O–H groups in total. The molecule has 3 heteroatoms. The summed E-state index contributed by atoms with van der Waals surface area (Å²) in [4.78, 5) is 2.27. The molecule has 0 saturated heterocycles. The smallest absolute Gasteiger partial charge is 0.0636 e. The molecule has 12 heavy (non-hydrogen) atoms. The zero-order valence-corrected chi connectivity index (χ0v) is 8.67.